The number of H-pyrrole nitrogens is 1. The highest BCUT2D eigenvalue weighted by atomic mass is 19.1. The molecule has 4 aromatic rings. The van der Waals surface area contributed by atoms with Crippen LogP contribution in [0.5, 0.6) is 5.75 Å². The highest BCUT2D eigenvalue weighted by molar-refractivity contribution is 6.07. The van der Waals surface area contributed by atoms with Gasteiger partial charge in [0, 0.05) is 22.5 Å². The Kier molecular flexibility index (Phi) is 2.79. The van der Waals surface area contributed by atoms with Gasteiger partial charge in [0.1, 0.15) is 17.3 Å². The number of aromatic nitrogens is 3. The summed E-state index contributed by atoms with van der Waals surface area (Å²) in [5, 5.41) is 8.96. The zero-order valence-electron chi connectivity index (χ0n) is 11.8. The maximum Gasteiger partial charge on any atom is 0.124 e. The first-order chi connectivity index (χ1) is 10.8. The molecule has 0 saturated heterocycles. The van der Waals surface area contributed by atoms with Crippen molar-refractivity contribution in [3.63, 3.8) is 0 Å². The van der Waals surface area contributed by atoms with Crippen LogP contribution in [0.3, 0.4) is 0 Å². The first-order valence-electron chi connectivity index (χ1n) is 6.83. The number of hydrogen-bond acceptors (Lipinski definition) is 3. The maximum absolute atomic E-state index is 13.5. The Hall–Kier alpha value is -2.95. The molecule has 2 aromatic heterocycles. The van der Waals surface area contributed by atoms with Gasteiger partial charge in [0.15, 0.2) is 0 Å². The number of fused-ring (bicyclic) bond motifs is 3. The number of benzene rings is 2. The fraction of sp³-hybridized carbons (Fsp3) is 0.0588. The number of ether oxygens (including phenoxy) is 1. The summed E-state index contributed by atoms with van der Waals surface area (Å²) in [6.45, 7) is 0. The Morgan fingerprint density at radius 3 is 2.64 bits per heavy atom. The standard InChI is InChI=1S/C17H12FN3O/c1-22-12-5-2-10(3-6-12)16-14-9-19-15-7-4-11(18)8-13(15)17(14)21-20-16/h2-9H,1H3,(H,20,21). The van der Waals surface area contributed by atoms with Crippen molar-refractivity contribution in [2.24, 2.45) is 0 Å². The van der Waals surface area contributed by atoms with Crippen molar-refractivity contribution < 1.29 is 9.13 Å². The number of nitrogens with one attached hydrogen (secondary N) is 1. The lowest BCUT2D eigenvalue weighted by molar-refractivity contribution is 0.415. The molecule has 0 amide bonds. The van der Waals surface area contributed by atoms with Gasteiger partial charge >= 0.3 is 0 Å². The lowest BCUT2D eigenvalue weighted by atomic mass is 10.1. The largest absolute Gasteiger partial charge is 0.497 e. The van der Waals surface area contributed by atoms with Gasteiger partial charge in [0.25, 0.3) is 0 Å². The topological polar surface area (TPSA) is 50.8 Å². The molecule has 0 fully saturated rings. The predicted octanol–water partition coefficient (Wildman–Crippen LogP) is 3.93. The molecule has 0 atom stereocenters. The summed E-state index contributed by atoms with van der Waals surface area (Å²) < 4.78 is 18.7. The zero-order chi connectivity index (χ0) is 15.1. The van der Waals surface area contributed by atoms with Gasteiger partial charge in [-0.05, 0) is 42.5 Å². The van der Waals surface area contributed by atoms with Gasteiger partial charge in [-0.1, -0.05) is 0 Å². The Balaban J connectivity index is 1.95. The molecule has 2 heterocycles. The van der Waals surface area contributed by atoms with Crippen molar-refractivity contribution in [2.75, 3.05) is 7.11 Å². The molecule has 0 aliphatic heterocycles. The van der Waals surface area contributed by atoms with Gasteiger partial charge in [-0.15, -0.1) is 0 Å². The van der Waals surface area contributed by atoms with Crippen LogP contribution < -0.4 is 4.74 Å². The lowest BCUT2D eigenvalue weighted by Gasteiger charge is -2.02. The van der Waals surface area contributed by atoms with Crippen molar-refractivity contribution in [3.8, 4) is 17.0 Å². The number of pyridine rings is 1. The van der Waals surface area contributed by atoms with E-state index in [4.69, 9.17) is 4.74 Å². The first-order valence-corrected chi connectivity index (χ1v) is 6.83. The minimum atomic E-state index is -0.289. The van der Waals surface area contributed by atoms with Gasteiger partial charge in [0.2, 0.25) is 0 Å². The second-order valence-corrected chi connectivity index (χ2v) is 5.01. The second kappa shape index (κ2) is 4.80. The third-order valence-corrected chi connectivity index (χ3v) is 3.73. The highest BCUT2D eigenvalue weighted by Gasteiger charge is 2.12. The Morgan fingerprint density at radius 2 is 1.86 bits per heavy atom. The van der Waals surface area contributed by atoms with Crippen molar-refractivity contribution in [2.45, 2.75) is 0 Å². The Bertz CT molecular complexity index is 976. The maximum atomic E-state index is 13.5. The average molecular weight is 293 g/mol. The summed E-state index contributed by atoms with van der Waals surface area (Å²) in [6, 6.07) is 12.2. The van der Waals surface area contributed by atoms with Gasteiger partial charge < -0.3 is 4.74 Å². The van der Waals surface area contributed by atoms with E-state index in [1.165, 1.54) is 12.1 Å². The van der Waals surface area contributed by atoms with E-state index in [2.05, 4.69) is 15.2 Å². The fourth-order valence-electron chi connectivity index (χ4n) is 2.61. The second-order valence-electron chi connectivity index (χ2n) is 5.01. The van der Waals surface area contributed by atoms with Crippen LogP contribution in [-0.4, -0.2) is 22.3 Å². The molecule has 0 bridgehead atoms. The third-order valence-electron chi connectivity index (χ3n) is 3.73. The van der Waals surface area contributed by atoms with Crippen LogP contribution in [0.2, 0.25) is 0 Å². The minimum absolute atomic E-state index is 0.289. The van der Waals surface area contributed by atoms with Crippen LogP contribution in [0.4, 0.5) is 4.39 Å². The van der Waals surface area contributed by atoms with Crippen LogP contribution in [0, 0.1) is 5.82 Å². The van der Waals surface area contributed by atoms with Crippen LogP contribution >= 0.6 is 0 Å². The van der Waals surface area contributed by atoms with Crippen molar-refractivity contribution in [1.82, 2.24) is 15.2 Å². The molecule has 5 heteroatoms. The summed E-state index contributed by atoms with van der Waals surface area (Å²) in [6.07, 6.45) is 1.76. The summed E-state index contributed by atoms with van der Waals surface area (Å²) in [7, 11) is 1.63. The van der Waals surface area contributed by atoms with E-state index < -0.39 is 0 Å². The number of hydrogen-bond donors (Lipinski definition) is 1. The smallest absolute Gasteiger partial charge is 0.124 e. The third kappa shape index (κ3) is 1.90. The molecule has 1 N–H and O–H groups in total. The van der Waals surface area contributed by atoms with Crippen molar-refractivity contribution in [3.05, 3.63) is 54.5 Å². The number of halogens is 1. The molecule has 0 radical (unpaired) electrons. The molecule has 0 saturated carbocycles. The average Bonchev–Trinajstić information content (AvgIpc) is 2.99. The monoisotopic (exact) mass is 293 g/mol. The molecule has 108 valence electrons. The van der Waals surface area contributed by atoms with Crippen LogP contribution in [0.25, 0.3) is 33.1 Å². The van der Waals surface area contributed by atoms with Crippen molar-refractivity contribution >= 4 is 21.8 Å². The summed E-state index contributed by atoms with van der Waals surface area (Å²) in [5.41, 5.74) is 3.26. The predicted molar refractivity (Wildman–Crippen MR) is 83.3 cm³/mol. The lowest BCUT2D eigenvalue weighted by Crippen LogP contribution is -1.84. The molecule has 4 nitrogen and oxygen atoms in total. The van der Waals surface area contributed by atoms with E-state index in [1.54, 1.807) is 19.4 Å². The Morgan fingerprint density at radius 1 is 1.05 bits per heavy atom. The molecule has 2 aromatic carbocycles. The molecule has 4 rings (SSSR count). The normalized spacial score (nSPS) is 11.2. The fourth-order valence-corrected chi connectivity index (χ4v) is 2.61. The van der Waals surface area contributed by atoms with Gasteiger partial charge in [-0.2, -0.15) is 5.10 Å². The minimum Gasteiger partial charge on any atom is -0.497 e. The quantitative estimate of drug-likeness (QED) is 0.609. The van der Waals surface area contributed by atoms with E-state index in [-0.39, 0.29) is 5.82 Å². The number of aromatic amines is 1. The molecule has 0 aliphatic carbocycles. The van der Waals surface area contributed by atoms with Crippen LogP contribution in [-0.2, 0) is 0 Å². The van der Waals surface area contributed by atoms with Crippen LogP contribution in [0.1, 0.15) is 0 Å². The Labute approximate surface area is 125 Å². The van der Waals surface area contributed by atoms with E-state index in [0.29, 0.717) is 0 Å². The SMILES string of the molecule is COc1ccc(-c2n[nH]c3c2cnc2ccc(F)cc23)cc1. The van der Waals surface area contributed by atoms with Gasteiger partial charge in [0.05, 0.1) is 18.1 Å². The molecule has 0 spiro atoms. The van der Waals surface area contributed by atoms with E-state index in [1.807, 2.05) is 24.3 Å². The summed E-state index contributed by atoms with van der Waals surface area (Å²) >= 11 is 0. The highest BCUT2D eigenvalue weighted by Crippen LogP contribution is 2.30. The van der Waals surface area contributed by atoms with E-state index in [9.17, 15) is 4.39 Å². The zero-order valence-corrected chi connectivity index (χ0v) is 11.8. The van der Waals surface area contributed by atoms with Crippen LogP contribution in [0.15, 0.2) is 48.7 Å². The number of methoxy groups -OCH3 is 1. The van der Waals surface area contributed by atoms with Gasteiger partial charge in [-0.3, -0.25) is 10.1 Å². The molecular weight excluding hydrogens is 281 g/mol. The summed E-state index contributed by atoms with van der Waals surface area (Å²) in [5.74, 6) is 0.497. The molecule has 22 heavy (non-hydrogen) atoms. The molecule has 0 unspecified atom stereocenters. The first kappa shape index (κ1) is 12.8. The van der Waals surface area contributed by atoms with E-state index in [0.717, 1.165) is 38.8 Å². The molecule has 0 aliphatic rings. The summed E-state index contributed by atoms with van der Waals surface area (Å²) in [4.78, 5) is 4.39. The molecular formula is C17H12FN3O. The number of rotatable bonds is 2. The van der Waals surface area contributed by atoms with Gasteiger partial charge in [-0.25, -0.2) is 4.39 Å². The number of nitrogens with zero attached hydrogens (tertiary/aromatic N) is 2. The van der Waals surface area contributed by atoms with Crippen molar-refractivity contribution in [1.29, 1.82) is 0 Å². The van der Waals surface area contributed by atoms with E-state index >= 15 is 0 Å².